The van der Waals surface area contributed by atoms with E-state index in [0.29, 0.717) is 12.1 Å². The molecule has 1 amide bonds. The van der Waals surface area contributed by atoms with Gasteiger partial charge in [-0.2, -0.15) is 5.10 Å². The summed E-state index contributed by atoms with van der Waals surface area (Å²) in [7, 11) is 4.08. The van der Waals surface area contributed by atoms with Crippen LogP contribution in [0.5, 0.6) is 0 Å². The Morgan fingerprint density at radius 1 is 1.07 bits per heavy atom. The van der Waals surface area contributed by atoms with Crippen LogP contribution in [0.25, 0.3) is 11.3 Å². The van der Waals surface area contributed by atoms with Crippen LogP contribution in [0, 0.1) is 6.92 Å². The maximum atomic E-state index is 13.5. The first-order valence-corrected chi connectivity index (χ1v) is 10.7. The normalized spacial score (nSPS) is 15.3. The number of piperidine rings is 1. The third kappa shape index (κ3) is 4.46. The monoisotopic (exact) mass is 402 g/mol. The summed E-state index contributed by atoms with van der Waals surface area (Å²) in [5.74, 6) is 0.0550. The van der Waals surface area contributed by atoms with Crippen molar-refractivity contribution in [3.05, 3.63) is 77.5 Å². The van der Waals surface area contributed by atoms with Gasteiger partial charge in [0.1, 0.15) is 5.69 Å². The van der Waals surface area contributed by atoms with E-state index < -0.39 is 0 Å². The van der Waals surface area contributed by atoms with Crippen molar-refractivity contribution in [2.75, 3.05) is 27.2 Å². The van der Waals surface area contributed by atoms with Crippen molar-refractivity contribution in [1.82, 2.24) is 19.6 Å². The molecule has 0 bridgehead atoms. The second kappa shape index (κ2) is 8.84. The Morgan fingerprint density at radius 3 is 2.40 bits per heavy atom. The summed E-state index contributed by atoms with van der Waals surface area (Å²) in [6, 6.07) is 18.7. The zero-order chi connectivity index (χ0) is 21.1. The second-order valence-corrected chi connectivity index (χ2v) is 8.39. The van der Waals surface area contributed by atoms with Gasteiger partial charge in [-0.1, -0.05) is 60.2 Å². The highest BCUT2D eigenvalue weighted by atomic mass is 16.2. The van der Waals surface area contributed by atoms with E-state index in [9.17, 15) is 4.79 Å². The molecule has 0 aliphatic carbocycles. The van der Waals surface area contributed by atoms with E-state index in [1.807, 2.05) is 41.0 Å². The maximum Gasteiger partial charge on any atom is 0.257 e. The summed E-state index contributed by atoms with van der Waals surface area (Å²) in [5, 5.41) is 4.83. The van der Waals surface area contributed by atoms with Gasteiger partial charge in [0.25, 0.3) is 5.91 Å². The van der Waals surface area contributed by atoms with E-state index in [2.05, 4.69) is 55.3 Å². The van der Waals surface area contributed by atoms with Gasteiger partial charge in [-0.25, -0.2) is 0 Å². The average molecular weight is 403 g/mol. The maximum absolute atomic E-state index is 13.5. The molecule has 1 aliphatic rings. The predicted octanol–water partition coefficient (Wildman–Crippen LogP) is 4.07. The third-order valence-corrected chi connectivity index (χ3v) is 6.06. The van der Waals surface area contributed by atoms with Crippen molar-refractivity contribution < 1.29 is 4.79 Å². The standard InChI is InChI=1S/C25H30N4O/c1-19-9-11-21(12-10-19)24-23(18-29(26-24)17-20-7-5-4-6-8-20)25(30)28(3)22-13-15-27(2)16-14-22/h4-12,18,22H,13-17H2,1-3H3. The minimum atomic E-state index is 0.0550. The Kier molecular flexibility index (Phi) is 6.00. The van der Waals surface area contributed by atoms with E-state index in [4.69, 9.17) is 5.10 Å². The van der Waals surface area contributed by atoms with Crippen LogP contribution in [-0.4, -0.2) is 58.7 Å². The lowest BCUT2D eigenvalue weighted by atomic mass is 10.0. The number of amides is 1. The number of benzene rings is 2. The molecule has 5 heteroatoms. The van der Waals surface area contributed by atoms with Crippen LogP contribution < -0.4 is 0 Å². The molecule has 4 rings (SSSR count). The van der Waals surface area contributed by atoms with Crippen LogP contribution in [0.15, 0.2) is 60.8 Å². The zero-order valence-electron chi connectivity index (χ0n) is 18.1. The molecule has 0 atom stereocenters. The first-order valence-electron chi connectivity index (χ1n) is 10.7. The highest BCUT2D eigenvalue weighted by Crippen LogP contribution is 2.26. The predicted molar refractivity (Wildman–Crippen MR) is 121 cm³/mol. The zero-order valence-corrected chi connectivity index (χ0v) is 18.1. The van der Waals surface area contributed by atoms with Crippen molar-refractivity contribution in [3.63, 3.8) is 0 Å². The Morgan fingerprint density at radius 2 is 1.73 bits per heavy atom. The lowest BCUT2D eigenvalue weighted by molar-refractivity contribution is 0.0660. The molecular formula is C25H30N4O. The van der Waals surface area contributed by atoms with E-state index >= 15 is 0 Å². The van der Waals surface area contributed by atoms with Gasteiger partial charge in [-0.15, -0.1) is 0 Å². The summed E-state index contributed by atoms with van der Waals surface area (Å²) in [5.41, 5.74) is 4.77. The first kappa shape index (κ1) is 20.4. The van der Waals surface area contributed by atoms with Gasteiger partial charge in [-0.05, 0) is 45.5 Å². The molecule has 156 valence electrons. The van der Waals surface area contributed by atoms with Crippen LogP contribution in [0.2, 0.25) is 0 Å². The topological polar surface area (TPSA) is 41.4 Å². The molecule has 0 radical (unpaired) electrons. The van der Waals surface area contributed by atoms with Gasteiger partial charge in [0.15, 0.2) is 0 Å². The van der Waals surface area contributed by atoms with E-state index in [-0.39, 0.29) is 11.9 Å². The number of nitrogens with zero attached hydrogens (tertiary/aromatic N) is 4. The summed E-state index contributed by atoms with van der Waals surface area (Å²) < 4.78 is 1.89. The minimum Gasteiger partial charge on any atom is -0.339 e. The second-order valence-electron chi connectivity index (χ2n) is 8.39. The third-order valence-electron chi connectivity index (χ3n) is 6.06. The Hall–Kier alpha value is -2.92. The highest BCUT2D eigenvalue weighted by Gasteiger charge is 2.28. The van der Waals surface area contributed by atoms with E-state index in [1.165, 1.54) is 5.56 Å². The number of carbonyl (C=O) groups is 1. The molecule has 0 unspecified atom stereocenters. The molecule has 3 aromatic rings. The summed E-state index contributed by atoms with van der Waals surface area (Å²) in [6.07, 6.45) is 3.93. The lowest BCUT2D eigenvalue weighted by Crippen LogP contribution is -2.44. The average Bonchev–Trinajstić information content (AvgIpc) is 3.18. The Bertz CT molecular complexity index is 986. The molecule has 0 N–H and O–H groups in total. The van der Waals surface area contributed by atoms with Crippen molar-refractivity contribution in [2.24, 2.45) is 0 Å². The van der Waals surface area contributed by atoms with Crippen molar-refractivity contribution in [2.45, 2.75) is 32.4 Å². The first-order chi connectivity index (χ1) is 14.5. The van der Waals surface area contributed by atoms with Gasteiger partial charge in [-0.3, -0.25) is 9.48 Å². The molecule has 2 aromatic carbocycles. The van der Waals surface area contributed by atoms with Gasteiger partial charge in [0, 0.05) is 24.8 Å². The summed E-state index contributed by atoms with van der Waals surface area (Å²) in [6.45, 7) is 4.77. The molecular weight excluding hydrogens is 372 g/mol. The molecule has 1 fully saturated rings. The number of hydrogen-bond donors (Lipinski definition) is 0. The van der Waals surface area contributed by atoms with Crippen molar-refractivity contribution >= 4 is 5.91 Å². The van der Waals surface area contributed by atoms with Gasteiger partial charge >= 0.3 is 0 Å². The number of rotatable bonds is 5. The molecule has 2 heterocycles. The number of hydrogen-bond acceptors (Lipinski definition) is 3. The molecule has 1 aliphatic heterocycles. The molecule has 1 saturated heterocycles. The van der Waals surface area contributed by atoms with Crippen LogP contribution in [0.4, 0.5) is 0 Å². The number of aromatic nitrogens is 2. The van der Waals surface area contributed by atoms with Crippen molar-refractivity contribution in [1.29, 1.82) is 0 Å². The van der Waals surface area contributed by atoms with Gasteiger partial charge in [0.05, 0.1) is 12.1 Å². The molecule has 0 saturated carbocycles. The molecule has 5 nitrogen and oxygen atoms in total. The van der Waals surface area contributed by atoms with Gasteiger partial charge in [0.2, 0.25) is 0 Å². The summed E-state index contributed by atoms with van der Waals surface area (Å²) >= 11 is 0. The Labute approximate surface area is 178 Å². The fourth-order valence-corrected chi connectivity index (χ4v) is 4.09. The van der Waals surface area contributed by atoms with Gasteiger partial charge < -0.3 is 9.80 Å². The fourth-order valence-electron chi connectivity index (χ4n) is 4.09. The lowest BCUT2D eigenvalue weighted by Gasteiger charge is -2.35. The summed E-state index contributed by atoms with van der Waals surface area (Å²) in [4.78, 5) is 17.8. The smallest absolute Gasteiger partial charge is 0.257 e. The van der Waals surface area contributed by atoms with Crippen LogP contribution in [0.1, 0.15) is 34.3 Å². The fraction of sp³-hybridized carbons (Fsp3) is 0.360. The van der Waals surface area contributed by atoms with Crippen LogP contribution in [0.3, 0.4) is 0 Å². The van der Waals surface area contributed by atoms with Crippen LogP contribution >= 0.6 is 0 Å². The van der Waals surface area contributed by atoms with Crippen LogP contribution in [-0.2, 0) is 6.54 Å². The minimum absolute atomic E-state index is 0.0550. The number of aryl methyl sites for hydroxylation is 1. The highest BCUT2D eigenvalue weighted by molar-refractivity contribution is 5.99. The number of likely N-dealkylation sites (tertiary alicyclic amines) is 1. The molecule has 1 aromatic heterocycles. The van der Waals surface area contributed by atoms with E-state index in [1.54, 1.807) is 0 Å². The largest absolute Gasteiger partial charge is 0.339 e. The molecule has 30 heavy (non-hydrogen) atoms. The number of carbonyl (C=O) groups excluding carboxylic acids is 1. The van der Waals surface area contributed by atoms with E-state index in [0.717, 1.165) is 42.8 Å². The van der Waals surface area contributed by atoms with Crippen molar-refractivity contribution in [3.8, 4) is 11.3 Å². The molecule has 0 spiro atoms. The quantitative estimate of drug-likeness (QED) is 0.646. The Balaban J connectivity index is 1.65. The SMILES string of the molecule is Cc1ccc(-c2nn(Cc3ccccc3)cc2C(=O)N(C)C2CCN(C)CC2)cc1.